The summed E-state index contributed by atoms with van der Waals surface area (Å²) in [6.45, 7) is 4.16. The van der Waals surface area contributed by atoms with Crippen molar-refractivity contribution in [1.82, 2.24) is 10.2 Å². The summed E-state index contributed by atoms with van der Waals surface area (Å²) in [5.41, 5.74) is -0.741. The Morgan fingerprint density at radius 1 is 1.14 bits per heavy atom. The average Bonchev–Trinajstić information content (AvgIpc) is 3.28. The van der Waals surface area contributed by atoms with E-state index in [1.807, 2.05) is 4.90 Å². The molecule has 2 aromatic carbocycles. The second-order valence-electron chi connectivity index (χ2n) is 9.34. The number of Topliss-reactive ketones (excluding diaryl/α,β-unsaturated/α-hetero) is 1. The third-order valence-electron chi connectivity index (χ3n) is 6.52. The van der Waals surface area contributed by atoms with Gasteiger partial charge in [0.05, 0.1) is 16.2 Å². The van der Waals surface area contributed by atoms with Crippen LogP contribution in [0.1, 0.15) is 60.2 Å². The second kappa shape index (κ2) is 12.0. The maximum Gasteiger partial charge on any atom is 0.416 e. The molecule has 1 amide bonds. The van der Waals surface area contributed by atoms with E-state index in [9.17, 15) is 31.2 Å². The van der Waals surface area contributed by atoms with E-state index in [4.69, 9.17) is 11.6 Å². The number of likely N-dealkylation sites (tertiary alicyclic amines) is 1. The van der Waals surface area contributed by atoms with Crippen LogP contribution in [0, 0.1) is 5.92 Å². The van der Waals surface area contributed by atoms with Crippen LogP contribution in [0.3, 0.4) is 0 Å². The summed E-state index contributed by atoms with van der Waals surface area (Å²) in [6, 6.07) is 7.67. The number of rotatable bonds is 10. The molecule has 2 aromatic rings. The smallest absolute Gasteiger partial charge is 0.348 e. The molecule has 1 N–H and O–H groups in total. The largest absolute Gasteiger partial charge is 0.416 e. The summed E-state index contributed by atoms with van der Waals surface area (Å²) >= 11 is 5.99. The van der Waals surface area contributed by atoms with Crippen molar-refractivity contribution in [3.63, 3.8) is 0 Å². The SMILES string of the molecule is CCS(=O)(=O)c1ccc(Cl)cc1CNC(=O)c1ccc(CN2CC[C@H](CCC(C)=O)C2)c(C(F)(F)F)c1. The van der Waals surface area contributed by atoms with Crippen molar-refractivity contribution in [2.45, 2.75) is 57.3 Å². The van der Waals surface area contributed by atoms with E-state index in [-0.39, 0.29) is 57.2 Å². The zero-order chi connectivity index (χ0) is 27.4. The van der Waals surface area contributed by atoms with E-state index in [0.29, 0.717) is 19.5 Å². The topological polar surface area (TPSA) is 83.6 Å². The number of benzene rings is 2. The molecule has 0 saturated carbocycles. The monoisotopic (exact) mass is 558 g/mol. The summed E-state index contributed by atoms with van der Waals surface area (Å²) in [5.74, 6) is -0.538. The Kier molecular flexibility index (Phi) is 9.42. The van der Waals surface area contributed by atoms with Crippen LogP contribution < -0.4 is 5.32 Å². The molecule has 11 heteroatoms. The minimum absolute atomic E-state index is 0.0123. The Balaban J connectivity index is 1.75. The van der Waals surface area contributed by atoms with Gasteiger partial charge in [0.1, 0.15) is 5.78 Å². The first-order chi connectivity index (χ1) is 17.3. The van der Waals surface area contributed by atoms with E-state index in [1.54, 1.807) is 0 Å². The van der Waals surface area contributed by atoms with Gasteiger partial charge in [-0.1, -0.05) is 24.6 Å². The molecule has 1 fully saturated rings. The molecule has 1 aliphatic rings. The Hall–Kier alpha value is -2.43. The Morgan fingerprint density at radius 3 is 2.51 bits per heavy atom. The van der Waals surface area contributed by atoms with E-state index in [0.717, 1.165) is 18.9 Å². The maximum atomic E-state index is 13.9. The van der Waals surface area contributed by atoms with Crippen LogP contribution in [-0.4, -0.2) is 43.9 Å². The fourth-order valence-corrected chi connectivity index (χ4v) is 5.79. The second-order valence-corrected chi connectivity index (χ2v) is 12.0. The van der Waals surface area contributed by atoms with Gasteiger partial charge in [0.15, 0.2) is 9.84 Å². The van der Waals surface area contributed by atoms with Crippen LogP contribution in [0.4, 0.5) is 13.2 Å². The van der Waals surface area contributed by atoms with Gasteiger partial charge in [-0.15, -0.1) is 0 Å². The third-order valence-corrected chi connectivity index (χ3v) is 8.59. The van der Waals surface area contributed by atoms with E-state index >= 15 is 0 Å². The molecule has 0 unspecified atom stereocenters. The van der Waals surface area contributed by atoms with Crippen molar-refractivity contribution < 1.29 is 31.2 Å². The number of carbonyl (C=O) groups excluding carboxylic acids is 2. The molecule has 1 aliphatic heterocycles. The molecule has 3 rings (SSSR count). The van der Waals surface area contributed by atoms with E-state index in [2.05, 4.69) is 5.32 Å². The molecule has 0 radical (unpaired) electrons. The van der Waals surface area contributed by atoms with Crippen molar-refractivity contribution in [3.8, 4) is 0 Å². The molecule has 6 nitrogen and oxygen atoms in total. The molecule has 0 spiro atoms. The Labute approximate surface area is 220 Å². The van der Waals surface area contributed by atoms with E-state index in [1.165, 1.54) is 44.2 Å². The lowest BCUT2D eigenvalue weighted by Gasteiger charge is -2.20. The Morgan fingerprint density at radius 2 is 1.86 bits per heavy atom. The highest BCUT2D eigenvalue weighted by Gasteiger charge is 2.35. The number of amides is 1. The van der Waals surface area contributed by atoms with Gasteiger partial charge < -0.3 is 10.1 Å². The molecule has 0 bridgehead atoms. The first-order valence-electron chi connectivity index (χ1n) is 12.0. The van der Waals surface area contributed by atoms with Crippen LogP contribution in [0.25, 0.3) is 0 Å². The number of alkyl halides is 3. The number of carbonyl (C=O) groups is 2. The summed E-state index contributed by atoms with van der Waals surface area (Å²) in [5, 5.41) is 2.78. The normalized spacial score (nSPS) is 16.6. The van der Waals surface area contributed by atoms with Crippen LogP contribution in [-0.2, 0) is 33.9 Å². The zero-order valence-electron chi connectivity index (χ0n) is 20.7. The van der Waals surface area contributed by atoms with Crippen molar-refractivity contribution in [2.75, 3.05) is 18.8 Å². The van der Waals surface area contributed by atoms with E-state index < -0.39 is 27.5 Å². The molecular weight excluding hydrogens is 529 g/mol. The minimum atomic E-state index is -4.66. The minimum Gasteiger partial charge on any atom is -0.348 e. The van der Waals surface area contributed by atoms with Gasteiger partial charge >= 0.3 is 6.18 Å². The predicted molar refractivity (Wildman–Crippen MR) is 135 cm³/mol. The van der Waals surface area contributed by atoms with Gasteiger partial charge in [0, 0.05) is 36.6 Å². The maximum absolute atomic E-state index is 13.9. The molecule has 0 aliphatic carbocycles. The number of halogens is 4. The molecule has 1 atom stereocenters. The van der Waals surface area contributed by atoms with Gasteiger partial charge in [0.2, 0.25) is 0 Å². The number of nitrogens with zero attached hydrogens (tertiary/aromatic N) is 1. The number of hydrogen-bond donors (Lipinski definition) is 1. The molecular formula is C26H30ClF3N2O4S. The number of sulfone groups is 1. The van der Waals surface area contributed by atoms with Crippen LogP contribution in [0.5, 0.6) is 0 Å². The number of hydrogen-bond acceptors (Lipinski definition) is 5. The fourth-order valence-electron chi connectivity index (χ4n) is 4.48. The molecule has 37 heavy (non-hydrogen) atoms. The van der Waals surface area contributed by atoms with Crippen molar-refractivity contribution >= 4 is 33.1 Å². The van der Waals surface area contributed by atoms with Gasteiger partial charge in [0.25, 0.3) is 5.91 Å². The predicted octanol–water partition coefficient (Wildman–Crippen LogP) is 5.27. The summed E-state index contributed by atoms with van der Waals surface area (Å²) < 4.78 is 66.4. The fraction of sp³-hybridized carbons (Fsp3) is 0.462. The quantitative estimate of drug-likeness (QED) is 0.429. The van der Waals surface area contributed by atoms with Crippen molar-refractivity contribution in [3.05, 3.63) is 63.7 Å². The molecule has 202 valence electrons. The van der Waals surface area contributed by atoms with Gasteiger partial charge in [-0.25, -0.2) is 8.42 Å². The first-order valence-corrected chi connectivity index (χ1v) is 14.0. The number of ketones is 1. The highest BCUT2D eigenvalue weighted by Crippen LogP contribution is 2.34. The van der Waals surface area contributed by atoms with Crippen LogP contribution in [0.15, 0.2) is 41.3 Å². The lowest BCUT2D eigenvalue weighted by molar-refractivity contribution is -0.138. The van der Waals surface area contributed by atoms with Gasteiger partial charge in [-0.2, -0.15) is 13.2 Å². The molecule has 1 saturated heterocycles. The lowest BCUT2D eigenvalue weighted by Crippen LogP contribution is -2.26. The number of nitrogens with one attached hydrogen (secondary N) is 1. The van der Waals surface area contributed by atoms with Gasteiger partial charge in [-0.3, -0.25) is 9.69 Å². The standard InChI is InChI=1S/C26H30ClF3N2O4S/c1-3-37(35,36)24-9-8-22(27)12-21(24)14-31-25(34)19-6-7-20(23(13-19)26(28,29)30)16-32-11-10-18(15-32)5-4-17(2)33/h6-9,12-13,18H,3-5,10-11,14-16H2,1-2H3,(H,31,34)/t18-/m0/s1. The van der Waals surface area contributed by atoms with Gasteiger partial charge in [-0.05, 0) is 73.7 Å². The molecule has 0 aromatic heterocycles. The van der Waals surface area contributed by atoms with Crippen molar-refractivity contribution in [1.29, 1.82) is 0 Å². The van der Waals surface area contributed by atoms with Crippen molar-refractivity contribution in [2.24, 2.45) is 5.92 Å². The highest BCUT2D eigenvalue weighted by molar-refractivity contribution is 7.91. The first kappa shape index (κ1) is 29.1. The zero-order valence-corrected chi connectivity index (χ0v) is 22.3. The van der Waals surface area contributed by atoms with Crippen LogP contribution in [0.2, 0.25) is 5.02 Å². The summed E-state index contributed by atoms with van der Waals surface area (Å²) in [7, 11) is -3.59. The summed E-state index contributed by atoms with van der Waals surface area (Å²) in [4.78, 5) is 25.9. The highest BCUT2D eigenvalue weighted by atomic mass is 35.5. The summed E-state index contributed by atoms with van der Waals surface area (Å²) in [6.07, 6.45) is -2.63. The van der Waals surface area contributed by atoms with Crippen LogP contribution >= 0.6 is 11.6 Å². The molecule has 1 heterocycles. The average molecular weight is 559 g/mol. The Bertz CT molecular complexity index is 1260. The third kappa shape index (κ3) is 7.78. The lowest BCUT2D eigenvalue weighted by atomic mass is 10.0.